The van der Waals surface area contributed by atoms with E-state index in [1.807, 2.05) is 0 Å². The topological polar surface area (TPSA) is 47.0 Å². The van der Waals surface area contributed by atoms with Crippen molar-refractivity contribution in [3.8, 4) is 5.19 Å². The molecule has 0 aliphatic rings. The van der Waals surface area contributed by atoms with Crippen LogP contribution in [0.3, 0.4) is 0 Å². The van der Waals surface area contributed by atoms with Crippen LogP contribution in [0.15, 0.2) is 0 Å². The molecule has 0 atom stereocenters. The predicted molar refractivity (Wildman–Crippen MR) is 71.5 cm³/mol. The van der Waals surface area contributed by atoms with Crippen LogP contribution in [0.5, 0.6) is 5.19 Å². The van der Waals surface area contributed by atoms with Crippen molar-refractivity contribution in [2.24, 2.45) is 0 Å². The van der Waals surface area contributed by atoms with Crippen LogP contribution < -0.4 is 10.1 Å². The van der Waals surface area contributed by atoms with Gasteiger partial charge in [0.25, 0.3) is 5.19 Å². The number of hydrogen-bond acceptors (Lipinski definition) is 5. The van der Waals surface area contributed by atoms with E-state index in [1.165, 1.54) is 24.2 Å². The van der Waals surface area contributed by atoms with E-state index in [2.05, 4.69) is 43.2 Å². The molecule has 0 saturated heterocycles. The summed E-state index contributed by atoms with van der Waals surface area (Å²) in [6.07, 6.45) is 3.50. The molecule has 1 aromatic heterocycles. The summed E-state index contributed by atoms with van der Waals surface area (Å²) >= 11 is 1.52. The van der Waals surface area contributed by atoms with Crippen molar-refractivity contribution in [2.45, 2.75) is 59.0 Å². The molecule has 4 nitrogen and oxygen atoms in total. The number of nitrogens with zero attached hydrogens (tertiary/aromatic N) is 2. The van der Waals surface area contributed by atoms with Crippen LogP contribution in [0.25, 0.3) is 0 Å². The predicted octanol–water partition coefficient (Wildman–Crippen LogP) is 3.00. The van der Waals surface area contributed by atoms with Crippen LogP contribution in [-0.2, 0) is 6.54 Å². The summed E-state index contributed by atoms with van der Waals surface area (Å²) in [6.45, 7) is 10.1. The summed E-state index contributed by atoms with van der Waals surface area (Å²) in [5.41, 5.74) is 0.105. The molecule has 1 N–H and O–H groups in total. The van der Waals surface area contributed by atoms with Crippen molar-refractivity contribution >= 4 is 11.3 Å². The van der Waals surface area contributed by atoms with Gasteiger partial charge in [-0.3, -0.25) is 0 Å². The standard InChI is InChI=1S/C12H23N3OS/c1-5-6-7-8-16-11-15-14-10(17-11)9-13-12(2,3)4/h13H,5-9H2,1-4H3. The number of nitrogens with one attached hydrogen (secondary N) is 1. The van der Waals surface area contributed by atoms with E-state index >= 15 is 0 Å². The minimum absolute atomic E-state index is 0.105. The summed E-state index contributed by atoms with van der Waals surface area (Å²) in [4.78, 5) is 0. The molecule has 0 radical (unpaired) electrons. The second-order valence-electron chi connectivity index (χ2n) is 5.12. The van der Waals surface area contributed by atoms with Crippen molar-refractivity contribution < 1.29 is 4.74 Å². The van der Waals surface area contributed by atoms with Crippen molar-refractivity contribution in [1.29, 1.82) is 0 Å². The first-order valence-corrected chi connectivity index (χ1v) is 7.03. The van der Waals surface area contributed by atoms with Gasteiger partial charge in [0.1, 0.15) is 5.01 Å². The summed E-state index contributed by atoms with van der Waals surface area (Å²) < 4.78 is 5.54. The normalized spacial score (nSPS) is 11.8. The number of ether oxygens (including phenoxy) is 1. The van der Waals surface area contributed by atoms with Crippen LogP contribution in [0.2, 0.25) is 0 Å². The molecular formula is C12H23N3OS. The van der Waals surface area contributed by atoms with Gasteiger partial charge in [-0.15, -0.1) is 10.2 Å². The van der Waals surface area contributed by atoms with Gasteiger partial charge in [0.2, 0.25) is 0 Å². The van der Waals surface area contributed by atoms with Crippen molar-refractivity contribution in [3.63, 3.8) is 0 Å². The maximum absolute atomic E-state index is 5.54. The molecule has 1 aromatic rings. The summed E-state index contributed by atoms with van der Waals surface area (Å²) in [5, 5.41) is 13.2. The molecule has 0 saturated carbocycles. The average Bonchev–Trinajstić information content (AvgIpc) is 2.69. The summed E-state index contributed by atoms with van der Waals surface area (Å²) in [5.74, 6) is 0. The Morgan fingerprint density at radius 2 is 2.00 bits per heavy atom. The number of unbranched alkanes of at least 4 members (excludes halogenated alkanes) is 2. The molecule has 0 spiro atoms. The van der Waals surface area contributed by atoms with Crippen LogP contribution in [0.1, 0.15) is 52.0 Å². The fourth-order valence-corrected chi connectivity index (χ4v) is 1.87. The van der Waals surface area contributed by atoms with E-state index < -0.39 is 0 Å². The fourth-order valence-electron chi connectivity index (χ4n) is 1.22. The molecule has 17 heavy (non-hydrogen) atoms. The number of aromatic nitrogens is 2. The van der Waals surface area contributed by atoms with Crippen LogP contribution >= 0.6 is 11.3 Å². The Hall–Kier alpha value is -0.680. The largest absolute Gasteiger partial charge is 0.469 e. The second-order valence-corrected chi connectivity index (χ2v) is 6.15. The third kappa shape index (κ3) is 6.58. The fraction of sp³-hybridized carbons (Fsp3) is 0.833. The maximum atomic E-state index is 5.54. The highest BCUT2D eigenvalue weighted by Gasteiger charge is 2.11. The molecule has 0 bridgehead atoms. The lowest BCUT2D eigenvalue weighted by Gasteiger charge is -2.19. The van der Waals surface area contributed by atoms with Gasteiger partial charge < -0.3 is 10.1 Å². The summed E-state index contributed by atoms with van der Waals surface area (Å²) in [7, 11) is 0. The molecule has 0 fully saturated rings. The first-order chi connectivity index (χ1) is 8.01. The minimum Gasteiger partial charge on any atom is -0.469 e. The Balaban J connectivity index is 2.28. The van der Waals surface area contributed by atoms with Crippen LogP contribution in [0, 0.1) is 0 Å². The van der Waals surface area contributed by atoms with E-state index in [4.69, 9.17) is 4.74 Å². The molecule has 0 amide bonds. The molecule has 98 valence electrons. The van der Waals surface area contributed by atoms with Gasteiger partial charge in [-0.1, -0.05) is 31.1 Å². The second kappa shape index (κ2) is 6.91. The highest BCUT2D eigenvalue weighted by atomic mass is 32.1. The first kappa shape index (κ1) is 14.4. The van der Waals surface area contributed by atoms with Gasteiger partial charge in [0.15, 0.2) is 0 Å². The monoisotopic (exact) mass is 257 g/mol. The van der Waals surface area contributed by atoms with Gasteiger partial charge in [-0.25, -0.2) is 0 Å². The highest BCUT2D eigenvalue weighted by Crippen LogP contribution is 2.18. The zero-order chi connectivity index (χ0) is 12.7. The molecule has 0 aromatic carbocycles. The first-order valence-electron chi connectivity index (χ1n) is 6.21. The van der Waals surface area contributed by atoms with Crippen LogP contribution in [-0.4, -0.2) is 22.3 Å². The summed E-state index contributed by atoms with van der Waals surface area (Å²) in [6, 6.07) is 0. The SMILES string of the molecule is CCCCCOc1nnc(CNC(C)(C)C)s1. The Morgan fingerprint density at radius 1 is 1.24 bits per heavy atom. The molecule has 1 heterocycles. The van der Waals surface area contributed by atoms with Gasteiger partial charge in [0.05, 0.1) is 13.2 Å². The number of hydrogen-bond donors (Lipinski definition) is 1. The molecule has 5 heteroatoms. The highest BCUT2D eigenvalue weighted by molar-refractivity contribution is 7.13. The van der Waals surface area contributed by atoms with Crippen molar-refractivity contribution in [2.75, 3.05) is 6.61 Å². The van der Waals surface area contributed by atoms with Crippen LogP contribution in [0.4, 0.5) is 0 Å². The van der Waals surface area contributed by atoms with E-state index in [1.54, 1.807) is 0 Å². The zero-order valence-corrected chi connectivity index (χ0v) is 12.1. The van der Waals surface area contributed by atoms with Gasteiger partial charge >= 0.3 is 0 Å². The number of rotatable bonds is 7. The van der Waals surface area contributed by atoms with E-state index in [0.29, 0.717) is 5.19 Å². The van der Waals surface area contributed by atoms with Gasteiger partial charge in [0, 0.05) is 5.54 Å². The Morgan fingerprint density at radius 3 is 2.65 bits per heavy atom. The lowest BCUT2D eigenvalue weighted by molar-refractivity contribution is 0.302. The van der Waals surface area contributed by atoms with E-state index in [9.17, 15) is 0 Å². The van der Waals surface area contributed by atoms with Gasteiger partial charge in [-0.2, -0.15) is 0 Å². The van der Waals surface area contributed by atoms with Crippen molar-refractivity contribution in [1.82, 2.24) is 15.5 Å². The molecule has 0 aliphatic heterocycles. The Kier molecular flexibility index (Phi) is 5.85. The molecule has 0 unspecified atom stereocenters. The van der Waals surface area contributed by atoms with Gasteiger partial charge in [-0.05, 0) is 27.2 Å². The Labute approximate surface area is 108 Å². The van der Waals surface area contributed by atoms with Crippen molar-refractivity contribution in [3.05, 3.63) is 5.01 Å². The lowest BCUT2D eigenvalue weighted by Crippen LogP contribution is -2.35. The van der Waals surface area contributed by atoms with E-state index in [0.717, 1.165) is 24.6 Å². The Bertz CT molecular complexity index is 320. The average molecular weight is 257 g/mol. The third-order valence-electron chi connectivity index (χ3n) is 2.19. The zero-order valence-electron chi connectivity index (χ0n) is 11.2. The minimum atomic E-state index is 0.105. The lowest BCUT2D eigenvalue weighted by atomic mass is 10.1. The quantitative estimate of drug-likeness (QED) is 0.763. The maximum Gasteiger partial charge on any atom is 0.294 e. The molecule has 0 aliphatic carbocycles. The third-order valence-corrected chi connectivity index (χ3v) is 3.03. The molecular weight excluding hydrogens is 234 g/mol. The molecule has 1 rings (SSSR count). The van der Waals surface area contributed by atoms with E-state index in [-0.39, 0.29) is 5.54 Å². The smallest absolute Gasteiger partial charge is 0.294 e.